The van der Waals surface area contributed by atoms with Crippen molar-refractivity contribution in [3.8, 4) is 0 Å². The van der Waals surface area contributed by atoms with Gasteiger partial charge in [-0.2, -0.15) is 0 Å². The third kappa shape index (κ3) is 7.12. The third-order valence-corrected chi connectivity index (χ3v) is 1.85. The molecule has 0 aromatic rings. The highest BCUT2D eigenvalue weighted by atomic mass is 16.5. The molecule has 0 aliphatic carbocycles. The van der Waals surface area contributed by atoms with Gasteiger partial charge in [0.2, 0.25) is 0 Å². The number of aliphatic carboxylic acids is 1. The average molecular weight is 248 g/mol. The number of nitrogens with one attached hydrogen (secondary N) is 2. The maximum absolute atomic E-state index is 11.1. The van der Waals surface area contributed by atoms with Crippen LogP contribution < -0.4 is 10.6 Å². The van der Waals surface area contributed by atoms with Crippen LogP contribution in [0.25, 0.3) is 0 Å². The van der Waals surface area contributed by atoms with Gasteiger partial charge in [0.15, 0.2) is 6.10 Å². The van der Waals surface area contributed by atoms with Gasteiger partial charge in [-0.3, -0.25) is 4.79 Å². The molecule has 0 radical (unpaired) electrons. The van der Waals surface area contributed by atoms with Crippen LogP contribution in [0.5, 0.6) is 0 Å². The van der Waals surface area contributed by atoms with Crippen molar-refractivity contribution in [2.24, 2.45) is 0 Å². The summed E-state index contributed by atoms with van der Waals surface area (Å²) < 4.78 is 8.98. The number of urea groups is 1. The van der Waals surface area contributed by atoms with Crippen molar-refractivity contribution in [3.05, 3.63) is 0 Å². The molecule has 17 heavy (non-hydrogen) atoms. The molecule has 0 spiro atoms. The molecule has 0 bridgehead atoms. The number of methoxy groups -OCH3 is 2. The van der Waals surface area contributed by atoms with E-state index in [1.165, 1.54) is 14.2 Å². The molecule has 0 rings (SSSR count). The van der Waals surface area contributed by atoms with Gasteiger partial charge in [0.05, 0.1) is 20.1 Å². The van der Waals surface area contributed by atoms with E-state index < -0.39 is 24.1 Å². The Bertz CT molecular complexity index is 281. The minimum atomic E-state index is -1.16. The maximum Gasteiger partial charge on any atom is 0.334 e. The Morgan fingerprint density at radius 1 is 1.24 bits per heavy atom. The van der Waals surface area contributed by atoms with E-state index in [1.807, 2.05) is 0 Å². The van der Waals surface area contributed by atoms with E-state index in [0.717, 1.165) is 0 Å². The van der Waals surface area contributed by atoms with Crippen molar-refractivity contribution in [2.45, 2.75) is 12.5 Å². The van der Waals surface area contributed by atoms with Crippen molar-refractivity contribution < 1.29 is 29.0 Å². The van der Waals surface area contributed by atoms with E-state index in [2.05, 4.69) is 20.1 Å². The van der Waals surface area contributed by atoms with Gasteiger partial charge in [-0.25, -0.2) is 9.59 Å². The van der Waals surface area contributed by atoms with Gasteiger partial charge in [-0.15, -0.1) is 0 Å². The van der Waals surface area contributed by atoms with Crippen LogP contribution in [0.15, 0.2) is 0 Å². The summed E-state index contributed by atoms with van der Waals surface area (Å²) in [5, 5.41) is 13.3. The van der Waals surface area contributed by atoms with Crippen LogP contribution in [0.4, 0.5) is 4.79 Å². The summed E-state index contributed by atoms with van der Waals surface area (Å²) in [6.07, 6.45) is -1.04. The molecule has 3 N–H and O–H groups in total. The predicted octanol–water partition coefficient (Wildman–Crippen LogP) is -1.05. The van der Waals surface area contributed by atoms with E-state index >= 15 is 0 Å². The summed E-state index contributed by atoms with van der Waals surface area (Å²) in [6, 6.07) is -0.572. The molecule has 1 atom stereocenters. The highest BCUT2D eigenvalue weighted by Gasteiger charge is 2.16. The largest absolute Gasteiger partial charge is 0.479 e. The topological polar surface area (TPSA) is 114 Å². The molecule has 0 aliphatic rings. The molecule has 0 saturated heterocycles. The van der Waals surface area contributed by atoms with E-state index in [1.54, 1.807) is 0 Å². The van der Waals surface area contributed by atoms with Crippen molar-refractivity contribution in [3.63, 3.8) is 0 Å². The minimum Gasteiger partial charge on any atom is -0.479 e. The van der Waals surface area contributed by atoms with Crippen LogP contribution in [0, 0.1) is 0 Å². The second-order valence-corrected chi connectivity index (χ2v) is 3.03. The highest BCUT2D eigenvalue weighted by molar-refractivity contribution is 5.77. The Kier molecular flexibility index (Phi) is 7.44. The molecule has 1 unspecified atom stereocenters. The van der Waals surface area contributed by atoms with Crippen molar-refractivity contribution in [1.82, 2.24) is 10.6 Å². The molecule has 0 aliphatic heterocycles. The zero-order valence-corrected chi connectivity index (χ0v) is 9.69. The van der Waals surface area contributed by atoms with Crippen LogP contribution in [0.1, 0.15) is 6.42 Å². The lowest BCUT2D eigenvalue weighted by atomic mass is 10.3. The SMILES string of the molecule is COC(=O)CCNC(=O)NCC(OC)C(=O)O. The van der Waals surface area contributed by atoms with Gasteiger partial charge < -0.3 is 25.2 Å². The summed E-state index contributed by atoms with van der Waals surface area (Å²) in [5.74, 6) is -1.60. The van der Waals surface area contributed by atoms with Crippen LogP contribution in [-0.2, 0) is 19.1 Å². The first kappa shape index (κ1) is 15.2. The predicted molar refractivity (Wildman–Crippen MR) is 56.5 cm³/mol. The molecular weight excluding hydrogens is 232 g/mol. The molecule has 0 fully saturated rings. The Hall–Kier alpha value is -1.83. The lowest BCUT2D eigenvalue weighted by Gasteiger charge is -2.11. The number of amides is 2. The second kappa shape index (κ2) is 8.34. The Morgan fingerprint density at radius 3 is 2.35 bits per heavy atom. The van der Waals surface area contributed by atoms with Gasteiger partial charge in [0.1, 0.15) is 0 Å². The fraction of sp³-hybridized carbons (Fsp3) is 0.667. The number of carbonyl (C=O) groups excluding carboxylic acids is 2. The molecule has 0 heterocycles. The standard InChI is InChI=1S/C9H16N2O6/c1-16-6(8(13)14)5-11-9(15)10-4-3-7(12)17-2/h6H,3-5H2,1-2H3,(H,13,14)(H2,10,11,15). The smallest absolute Gasteiger partial charge is 0.334 e. The van der Waals surface area contributed by atoms with Gasteiger partial charge in [-0.05, 0) is 0 Å². The molecule has 0 aromatic carbocycles. The first-order valence-electron chi connectivity index (χ1n) is 4.85. The molecule has 0 saturated carbocycles. The lowest BCUT2D eigenvalue weighted by Crippen LogP contribution is -2.43. The fourth-order valence-corrected chi connectivity index (χ4v) is 0.900. The molecule has 2 amide bonds. The van der Waals surface area contributed by atoms with Crippen LogP contribution in [0.2, 0.25) is 0 Å². The number of esters is 1. The van der Waals surface area contributed by atoms with E-state index in [0.29, 0.717) is 0 Å². The third-order valence-electron chi connectivity index (χ3n) is 1.85. The van der Waals surface area contributed by atoms with Crippen LogP contribution in [0.3, 0.4) is 0 Å². The monoisotopic (exact) mass is 248 g/mol. The average Bonchev–Trinajstić information content (AvgIpc) is 2.29. The summed E-state index contributed by atoms with van der Waals surface area (Å²) in [4.78, 5) is 32.4. The Morgan fingerprint density at radius 2 is 1.88 bits per heavy atom. The van der Waals surface area contributed by atoms with Crippen LogP contribution >= 0.6 is 0 Å². The van der Waals surface area contributed by atoms with Crippen LogP contribution in [-0.4, -0.2) is 56.5 Å². The minimum absolute atomic E-state index is 0.0521. The van der Waals surface area contributed by atoms with Gasteiger partial charge in [0.25, 0.3) is 0 Å². The van der Waals surface area contributed by atoms with Crippen molar-refractivity contribution >= 4 is 18.0 Å². The summed E-state index contributed by atoms with van der Waals surface area (Å²) in [7, 11) is 2.48. The number of carbonyl (C=O) groups is 3. The fourth-order valence-electron chi connectivity index (χ4n) is 0.900. The number of hydrogen-bond acceptors (Lipinski definition) is 5. The maximum atomic E-state index is 11.1. The van der Waals surface area contributed by atoms with E-state index in [9.17, 15) is 14.4 Å². The summed E-state index contributed by atoms with van der Waals surface area (Å²) in [6.45, 7) is -0.0425. The molecule has 8 heteroatoms. The van der Waals surface area contributed by atoms with Gasteiger partial charge >= 0.3 is 18.0 Å². The number of ether oxygens (including phenoxy) is 2. The molecule has 0 aromatic heterocycles. The zero-order chi connectivity index (χ0) is 13.3. The summed E-state index contributed by atoms with van der Waals surface area (Å²) >= 11 is 0. The first-order valence-corrected chi connectivity index (χ1v) is 4.85. The molecular formula is C9H16N2O6. The molecule has 98 valence electrons. The number of carboxylic acids is 1. The highest BCUT2D eigenvalue weighted by Crippen LogP contribution is 1.87. The number of hydrogen-bond donors (Lipinski definition) is 3. The lowest BCUT2D eigenvalue weighted by molar-refractivity contribution is -0.148. The summed E-state index contributed by atoms with van der Waals surface area (Å²) in [5.41, 5.74) is 0. The normalized spacial score (nSPS) is 11.4. The quantitative estimate of drug-likeness (QED) is 0.495. The number of rotatable bonds is 7. The van der Waals surface area contributed by atoms with Crippen molar-refractivity contribution in [1.29, 1.82) is 0 Å². The molecule has 8 nitrogen and oxygen atoms in total. The first-order chi connectivity index (χ1) is 8.01. The van der Waals surface area contributed by atoms with E-state index in [-0.39, 0.29) is 19.5 Å². The van der Waals surface area contributed by atoms with Gasteiger partial charge in [0, 0.05) is 13.7 Å². The van der Waals surface area contributed by atoms with Gasteiger partial charge in [-0.1, -0.05) is 0 Å². The Labute approximate surface area is 98.3 Å². The number of carboxylic acid groups (broad SMARTS) is 1. The van der Waals surface area contributed by atoms with Crippen molar-refractivity contribution in [2.75, 3.05) is 27.3 Å². The van der Waals surface area contributed by atoms with E-state index in [4.69, 9.17) is 5.11 Å². The second-order valence-electron chi connectivity index (χ2n) is 3.03. The Balaban J connectivity index is 3.72. The zero-order valence-electron chi connectivity index (χ0n) is 9.69.